The summed E-state index contributed by atoms with van der Waals surface area (Å²) in [5.41, 5.74) is -1.04. The number of rotatable bonds is 9. The van der Waals surface area contributed by atoms with Gasteiger partial charge in [-0.3, -0.25) is 14.4 Å². The number of hydrogen-bond donors (Lipinski definition) is 0. The highest BCUT2D eigenvalue weighted by Crippen LogP contribution is 2.64. The minimum absolute atomic E-state index is 0.0718. The first-order valence-electron chi connectivity index (χ1n) is 22.8. The summed E-state index contributed by atoms with van der Waals surface area (Å²) < 4.78 is 34.8. The van der Waals surface area contributed by atoms with Gasteiger partial charge >= 0.3 is 17.9 Å². The minimum atomic E-state index is -0.412. The molecule has 0 aromatic rings. The Morgan fingerprint density at radius 1 is 0.661 bits per heavy atom. The molecular formula is C47H78O9. The van der Waals surface area contributed by atoms with Gasteiger partial charge in [0.15, 0.2) is 0 Å². The molecule has 3 heterocycles. The van der Waals surface area contributed by atoms with E-state index in [4.69, 9.17) is 28.4 Å². The van der Waals surface area contributed by atoms with Gasteiger partial charge in [0.05, 0.1) is 35.6 Å². The van der Waals surface area contributed by atoms with E-state index in [-0.39, 0.29) is 59.1 Å². The fourth-order valence-corrected chi connectivity index (χ4v) is 11.7. The van der Waals surface area contributed by atoms with E-state index in [2.05, 4.69) is 13.8 Å². The lowest BCUT2D eigenvalue weighted by atomic mass is 9.68. The highest BCUT2D eigenvalue weighted by atomic mass is 16.7. The summed E-state index contributed by atoms with van der Waals surface area (Å²) >= 11 is 0. The molecule has 0 amide bonds. The summed E-state index contributed by atoms with van der Waals surface area (Å²) in [6.07, 6.45) is 16.8. The Labute approximate surface area is 339 Å². The fourth-order valence-electron chi connectivity index (χ4n) is 11.7. The van der Waals surface area contributed by atoms with Gasteiger partial charge in [0.2, 0.25) is 18.9 Å². The molecule has 8 fully saturated rings. The van der Waals surface area contributed by atoms with Gasteiger partial charge in [0.25, 0.3) is 0 Å². The van der Waals surface area contributed by atoms with E-state index in [0.29, 0.717) is 23.7 Å². The molecule has 8 rings (SSSR count). The maximum atomic E-state index is 12.3. The normalized spacial score (nSPS) is 38.9. The van der Waals surface area contributed by atoms with Crippen molar-refractivity contribution in [3.05, 3.63) is 0 Å². The fraction of sp³-hybridized carbons (Fsp3) is 0.936. The second-order valence-corrected chi connectivity index (χ2v) is 21.5. The van der Waals surface area contributed by atoms with Crippen LogP contribution in [0, 0.1) is 68.5 Å². The van der Waals surface area contributed by atoms with E-state index >= 15 is 0 Å². The van der Waals surface area contributed by atoms with Crippen molar-refractivity contribution < 1.29 is 42.8 Å². The number of hydrogen-bond acceptors (Lipinski definition) is 9. The van der Waals surface area contributed by atoms with Crippen molar-refractivity contribution in [2.24, 2.45) is 68.5 Å². The quantitative estimate of drug-likeness (QED) is 0.167. The Bertz CT molecular complexity index is 1370. The Balaban J connectivity index is 0.000000142. The zero-order chi connectivity index (χ0) is 40.8. The van der Waals surface area contributed by atoms with Crippen molar-refractivity contribution in [2.75, 3.05) is 13.2 Å². The molecule has 12 unspecified atom stereocenters. The second kappa shape index (κ2) is 16.7. The van der Waals surface area contributed by atoms with E-state index in [1.165, 1.54) is 57.8 Å². The van der Waals surface area contributed by atoms with Crippen LogP contribution in [0.5, 0.6) is 0 Å². The summed E-state index contributed by atoms with van der Waals surface area (Å²) in [6.45, 7) is 23.7. The number of esters is 3. The van der Waals surface area contributed by atoms with Crippen LogP contribution in [0.2, 0.25) is 0 Å². The molecule has 3 saturated heterocycles. The second-order valence-electron chi connectivity index (χ2n) is 21.5. The summed E-state index contributed by atoms with van der Waals surface area (Å²) in [6, 6.07) is 0. The standard InChI is InChI=1S/C16H26O3.C16H28O3.C15H24O3/c1-5-15(2,3)13(17)19-14-16(4)11-7-6-10(8-11)12(16)9-18-14;1-5-15(3,4)13(17)19-14-16(11-12(2)18-14)9-7-6-8-10-16;1-4-15(2,3)14(16)18-13-12-10-6-5-9(7-10)11(12)8-17-13/h10-12,14H,5-9H2,1-4H3;12,14H,5-11H2,1-4H3;9-13H,4-8H2,1-3H3. The number of fused-ring (bicyclic) bond motifs is 10. The highest BCUT2D eigenvalue weighted by Gasteiger charge is 2.64. The molecule has 0 N–H and O–H groups in total. The van der Waals surface area contributed by atoms with Gasteiger partial charge in [0, 0.05) is 16.7 Å². The van der Waals surface area contributed by atoms with Crippen molar-refractivity contribution in [3.63, 3.8) is 0 Å². The maximum Gasteiger partial charge on any atom is 0.313 e. The summed E-state index contributed by atoms with van der Waals surface area (Å²) in [4.78, 5) is 36.7. The SMILES string of the molecule is CCC(C)(C)C(=O)OC1OC(C)CC12CCCCC2.CCC(C)(C)C(=O)OC1OCC2C3CCC(C3)C12.CCC(C)(C)C(=O)OC1OCC2C3CCC(C3)C12C. The number of ether oxygens (including phenoxy) is 6. The van der Waals surface area contributed by atoms with Crippen molar-refractivity contribution in [1.82, 2.24) is 0 Å². The molecule has 8 aliphatic rings. The molecule has 9 nitrogen and oxygen atoms in total. The number of carbonyl (C=O) groups excluding carboxylic acids is 3. The first-order valence-corrected chi connectivity index (χ1v) is 22.8. The van der Waals surface area contributed by atoms with Gasteiger partial charge < -0.3 is 28.4 Å². The zero-order valence-corrected chi connectivity index (χ0v) is 37.0. The van der Waals surface area contributed by atoms with Crippen molar-refractivity contribution in [1.29, 1.82) is 0 Å². The summed E-state index contributed by atoms with van der Waals surface area (Å²) in [5.74, 6) is 4.50. The highest BCUT2D eigenvalue weighted by molar-refractivity contribution is 5.76. The van der Waals surface area contributed by atoms with Crippen LogP contribution in [0.4, 0.5) is 0 Å². The van der Waals surface area contributed by atoms with Crippen molar-refractivity contribution in [3.8, 4) is 0 Å². The molecule has 0 radical (unpaired) electrons. The Kier molecular flexibility index (Phi) is 13.1. The lowest BCUT2D eigenvalue weighted by Gasteiger charge is -2.38. The topological polar surface area (TPSA) is 107 Å². The van der Waals surface area contributed by atoms with Crippen molar-refractivity contribution in [2.45, 2.75) is 197 Å². The van der Waals surface area contributed by atoms with E-state index in [9.17, 15) is 14.4 Å². The average Bonchev–Trinajstić information content (AvgIpc) is 4.04. The average molecular weight is 787 g/mol. The van der Waals surface area contributed by atoms with Gasteiger partial charge in [-0.1, -0.05) is 47.0 Å². The van der Waals surface area contributed by atoms with Crippen LogP contribution in [-0.4, -0.2) is 56.1 Å². The van der Waals surface area contributed by atoms with Crippen LogP contribution in [0.15, 0.2) is 0 Å². The van der Waals surface area contributed by atoms with Crippen molar-refractivity contribution >= 4 is 17.9 Å². The molecule has 0 aromatic carbocycles. The molecule has 56 heavy (non-hydrogen) atoms. The van der Waals surface area contributed by atoms with E-state index in [1.807, 2.05) is 62.3 Å². The number of carbonyl (C=O) groups is 3. The largest absolute Gasteiger partial charge is 0.435 e. The van der Waals surface area contributed by atoms with E-state index < -0.39 is 10.8 Å². The van der Waals surface area contributed by atoms with E-state index in [0.717, 1.165) is 69.5 Å². The van der Waals surface area contributed by atoms with E-state index in [1.54, 1.807) is 0 Å². The Morgan fingerprint density at radius 2 is 1.21 bits per heavy atom. The van der Waals surface area contributed by atoms with Crippen LogP contribution < -0.4 is 0 Å². The molecular weight excluding hydrogens is 709 g/mol. The van der Waals surface area contributed by atoms with Gasteiger partial charge in [-0.05, 0) is 161 Å². The van der Waals surface area contributed by atoms with Crippen LogP contribution >= 0.6 is 0 Å². The predicted octanol–water partition coefficient (Wildman–Crippen LogP) is 10.4. The molecule has 0 aromatic heterocycles. The molecule has 12 atom stereocenters. The van der Waals surface area contributed by atoms with Crippen LogP contribution in [0.25, 0.3) is 0 Å². The smallest absolute Gasteiger partial charge is 0.313 e. The third-order valence-electron chi connectivity index (χ3n) is 16.9. The lowest BCUT2D eigenvalue weighted by Crippen LogP contribution is -2.42. The van der Waals surface area contributed by atoms with Gasteiger partial charge in [-0.2, -0.15) is 0 Å². The van der Waals surface area contributed by atoms with Crippen LogP contribution in [-0.2, 0) is 42.8 Å². The maximum absolute atomic E-state index is 12.3. The van der Waals surface area contributed by atoms with Crippen LogP contribution in [0.1, 0.15) is 172 Å². The molecule has 5 aliphatic carbocycles. The summed E-state index contributed by atoms with van der Waals surface area (Å²) in [7, 11) is 0. The predicted molar refractivity (Wildman–Crippen MR) is 215 cm³/mol. The Morgan fingerprint density at radius 3 is 1.82 bits per heavy atom. The van der Waals surface area contributed by atoms with Gasteiger partial charge in [0.1, 0.15) is 0 Å². The monoisotopic (exact) mass is 787 g/mol. The summed E-state index contributed by atoms with van der Waals surface area (Å²) in [5, 5.41) is 0. The molecule has 1 spiro atoms. The first-order chi connectivity index (χ1) is 26.3. The molecule has 3 aliphatic heterocycles. The third-order valence-corrected chi connectivity index (χ3v) is 16.9. The third kappa shape index (κ3) is 8.36. The molecule has 9 heteroatoms. The molecule has 320 valence electrons. The van der Waals surface area contributed by atoms with Crippen LogP contribution in [0.3, 0.4) is 0 Å². The van der Waals surface area contributed by atoms with Gasteiger partial charge in [-0.25, -0.2) is 0 Å². The molecule has 4 bridgehead atoms. The molecule has 5 saturated carbocycles. The lowest BCUT2D eigenvalue weighted by molar-refractivity contribution is -0.204. The minimum Gasteiger partial charge on any atom is -0.435 e. The van der Waals surface area contributed by atoms with Gasteiger partial charge in [-0.15, -0.1) is 0 Å². The Hall–Kier alpha value is -1.71. The first kappa shape index (κ1) is 43.9. The zero-order valence-electron chi connectivity index (χ0n) is 37.0.